The molecule has 118 valence electrons. The summed E-state index contributed by atoms with van der Waals surface area (Å²) >= 11 is 0. The van der Waals surface area contributed by atoms with Crippen molar-refractivity contribution in [2.45, 2.75) is 37.8 Å². The molecule has 1 saturated carbocycles. The molecule has 1 heterocycles. The van der Waals surface area contributed by atoms with Crippen LogP contribution in [-0.4, -0.2) is 22.2 Å². The van der Waals surface area contributed by atoms with Gasteiger partial charge < -0.3 is 14.8 Å². The van der Waals surface area contributed by atoms with E-state index in [-0.39, 0.29) is 23.6 Å². The molecular formula is C16H18F2N2O2. The number of aliphatic hydroxyl groups excluding tert-OH is 1. The van der Waals surface area contributed by atoms with Gasteiger partial charge >= 0.3 is 0 Å². The fraction of sp³-hybridized carbons (Fsp3) is 0.438. The van der Waals surface area contributed by atoms with Gasteiger partial charge in [0.1, 0.15) is 23.5 Å². The van der Waals surface area contributed by atoms with E-state index in [1.165, 1.54) is 24.5 Å². The van der Waals surface area contributed by atoms with Gasteiger partial charge in [-0.25, -0.2) is 13.8 Å². The average molecular weight is 308 g/mol. The third-order valence-electron chi connectivity index (χ3n) is 4.24. The fourth-order valence-electron chi connectivity index (χ4n) is 2.93. The minimum Gasteiger partial charge on any atom is -0.444 e. The maximum Gasteiger partial charge on any atom is 0.232 e. The van der Waals surface area contributed by atoms with E-state index >= 15 is 0 Å². The van der Waals surface area contributed by atoms with Crippen LogP contribution >= 0.6 is 0 Å². The van der Waals surface area contributed by atoms with Crippen LogP contribution < -0.4 is 5.32 Å². The number of aliphatic hydroxyl groups is 1. The molecule has 0 spiro atoms. The Morgan fingerprint density at radius 1 is 1.23 bits per heavy atom. The number of oxazole rings is 1. The Kier molecular flexibility index (Phi) is 4.22. The van der Waals surface area contributed by atoms with Gasteiger partial charge in [-0.2, -0.15) is 0 Å². The third-order valence-corrected chi connectivity index (χ3v) is 4.24. The van der Waals surface area contributed by atoms with Gasteiger partial charge in [0, 0.05) is 12.1 Å². The molecule has 2 aromatic rings. The predicted molar refractivity (Wildman–Crippen MR) is 77.0 cm³/mol. The topological polar surface area (TPSA) is 58.3 Å². The highest BCUT2D eigenvalue weighted by Crippen LogP contribution is 2.30. The van der Waals surface area contributed by atoms with Crippen LogP contribution in [-0.2, 0) is 6.54 Å². The molecule has 1 aliphatic carbocycles. The van der Waals surface area contributed by atoms with Crippen molar-refractivity contribution in [3.63, 3.8) is 0 Å². The van der Waals surface area contributed by atoms with Crippen molar-refractivity contribution in [2.24, 2.45) is 0 Å². The molecule has 0 aliphatic heterocycles. The zero-order valence-electron chi connectivity index (χ0n) is 12.1. The first-order valence-electron chi connectivity index (χ1n) is 7.38. The fourth-order valence-corrected chi connectivity index (χ4v) is 2.93. The van der Waals surface area contributed by atoms with Crippen LogP contribution in [0.1, 0.15) is 31.4 Å². The zero-order chi connectivity index (χ0) is 15.6. The van der Waals surface area contributed by atoms with Crippen molar-refractivity contribution < 1.29 is 18.3 Å². The number of rotatable bonds is 5. The minimum atomic E-state index is -0.705. The van der Waals surface area contributed by atoms with Crippen LogP contribution in [0.2, 0.25) is 0 Å². The van der Waals surface area contributed by atoms with Crippen LogP contribution in [0.25, 0.3) is 11.5 Å². The van der Waals surface area contributed by atoms with Gasteiger partial charge in [0.15, 0.2) is 0 Å². The highest BCUT2D eigenvalue weighted by atomic mass is 19.1. The Balaban J connectivity index is 1.74. The van der Waals surface area contributed by atoms with Crippen LogP contribution in [0.5, 0.6) is 0 Å². The number of benzene rings is 1. The lowest BCUT2D eigenvalue weighted by Crippen LogP contribution is -2.45. The molecule has 0 bridgehead atoms. The largest absolute Gasteiger partial charge is 0.444 e. The molecule has 0 saturated heterocycles. The van der Waals surface area contributed by atoms with Crippen molar-refractivity contribution >= 4 is 0 Å². The second-order valence-electron chi connectivity index (χ2n) is 5.74. The SMILES string of the molecule is OCC1(NCc2coc(-c3c(F)cccc3F)n2)CCCC1. The summed E-state index contributed by atoms with van der Waals surface area (Å²) in [6, 6.07) is 3.63. The lowest BCUT2D eigenvalue weighted by atomic mass is 9.99. The monoisotopic (exact) mass is 308 g/mol. The summed E-state index contributed by atoms with van der Waals surface area (Å²) in [7, 11) is 0. The second kappa shape index (κ2) is 6.14. The molecule has 1 aliphatic rings. The average Bonchev–Trinajstić information content (AvgIpc) is 3.15. The van der Waals surface area contributed by atoms with Gasteiger partial charge in [0.25, 0.3) is 0 Å². The van der Waals surface area contributed by atoms with Crippen LogP contribution in [0, 0.1) is 11.6 Å². The van der Waals surface area contributed by atoms with Gasteiger partial charge in [-0.15, -0.1) is 0 Å². The Bertz CT molecular complexity index is 631. The summed E-state index contributed by atoms with van der Waals surface area (Å²) in [5, 5.41) is 12.8. The summed E-state index contributed by atoms with van der Waals surface area (Å²) in [5.41, 5.74) is 0.0198. The highest BCUT2D eigenvalue weighted by Gasteiger charge is 2.32. The molecule has 0 unspecified atom stereocenters. The highest BCUT2D eigenvalue weighted by molar-refractivity contribution is 5.55. The van der Waals surface area contributed by atoms with Gasteiger partial charge in [-0.3, -0.25) is 0 Å². The van der Waals surface area contributed by atoms with Gasteiger partial charge in [-0.05, 0) is 25.0 Å². The summed E-state index contributed by atoms with van der Waals surface area (Å²) in [6.45, 7) is 0.458. The Morgan fingerprint density at radius 2 is 1.91 bits per heavy atom. The third kappa shape index (κ3) is 2.89. The predicted octanol–water partition coefficient (Wildman–Crippen LogP) is 3.01. The van der Waals surface area contributed by atoms with Crippen LogP contribution in [0.3, 0.4) is 0 Å². The maximum absolute atomic E-state index is 13.7. The van der Waals surface area contributed by atoms with Crippen molar-refractivity contribution in [1.29, 1.82) is 0 Å². The lowest BCUT2D eigenvalue weighted by molar-refractivity contribution is 0.162. The van der Waals surface area contributed by atoms with Gasteiger partial charge in [0.2, 0.25) is 5.89 Å². The van der Waals surface area contributed by atoms with Crippen molar-refractivity contribution in [3.05, 3.63) is 41.8 Å². The van der Waals surface area contributed by atoms with E-state index in [1.54, 1.807) is 0 Å². The Hall–Kier alpha value is -1.79. The van der Waals surface area contributed by atoms with E-state index < -0.39 is 11.6 Å². The molecule has 3 rings (SSSR count). The van der Waals surface area contributed by atoms with Crippen LogP contribution in [0.4, 0.5) is 8.78 Å². The number of hydrogen-bond acceptors (Lipinski definition) is 4. The first-order valence-corrected chi connectivity index (χ1v) is 7.38. The number of aromatic nitrogens is 1. The van der Waals surface area contributed by atoms with Crippen molar-refractivity contribution in [2.75, 3.05) is 6.61 Å². The van der Waals surface area contributed by atoms with Crippen molar-refractivity contribution in [3.8, 4) is 11.5 Å². The maximum atomic E-state index is 13.7. The summed E-state index contributed by atoms with van der Waals surface area (Å²) in [4.78, 5) is 4.14. The van der Waals surface area contributed by atoms with Crippen LogP contribution in [0.15, 0.2) is 28.9 Å². The molecule has 6 heteroatoms. The number of hydrogen-bond donors (Lipinski definition) is 2. The molecular weight excluding hydrogens is 290 g/mol. The summed E-state index contributed by atoms with van der Waals surface area (Å²) in [5.74, 6) is -1.48. The van der Waals surface area contributed by atoms with E-state index in [9.17, 15) is 13.9 Å². The van der Waals surface area contributed by atoms with E-state index in [0.29, 0.717) is 12.2 Å². The first kappa shape index (κ1) is 15.1. The molecule has 1 fully saturated rings. The summed E-state index contributed by atoms with van der Waals surface area (Å²) in [6.07, 6.45) is 5.37. The Labute approximate surface area is 127 Å². The molecule has 4 nitrogen and oxygen atoms in total. The quantitative estimate of drug-likeness (QED) is 0.891. The normalized spacial score (nSPS) is 17.0. The Morgan fingerprint density at radius 3 is 2.55 bits per heavy atom. The minimum absolute atomic E-state index is 0.0691. The molecule has 0 radical (unpaired) electrons. The standard InChI is InChI=1S/C16H18F2N2O2/c17-12-4-3-5-13(18)14(12)15-20-11(9-22-15)8-19-16(10-21)6-1-2-7-16/h3-5,9,19,21H,1-2,6-8,10H2. The van der Waals surface area contributed by atoms with Gasteiger partial charge in [-0.1, -0.05) is 18.9 Å². The molecule has 0 atom stereocenters. The van der Waals surface area contributed by atoms with Crippen molar-refractivity contribution in [1.82, 2.24) is 10.3 Å². The van der Waals surface area contributed by atoms with E-state index in [0.717, 1.165) is 25.7 Å². The van der Waals surface area contributed by atoms with E-state index in [1.807, 2.05) is 0 Å². The number of halogens is 2. The molecule has 22 heavy (non-hydrogen) atoms. The number of nitrogens with one attached hydrogen (secondary N) is 1. The lowest BCUT2D eigenvalue weighted by Gasteiger charge is -2.27. The number of nitrogens with zero attached hydrogens (tertiary/aromatic N) is 1. The van der Waals surface area contributed by atoms with Gasteiger partial charge in [0.05, 0.1) is 12.3 Å². The zero-order valence-corrected chi connectivity index (χ0v) is 12.1. The summed E-state index contributed by atoms with van der Waals surface area (Å²) < 4.78 is 32.6. The van der Waals surface area contributed by atoms with E-state index in [2.05, 4.69) is 10.3 Å². The molecule has 0 amide bonds. The first-order chi connectivity index (χ1) is 10.6. The molecule has 2 N–H and O–H groups in total. The van der Waals surface area contributed by atoms with E-state index in [4.69, 9.17) is 4.42 Å². The smallest absolute Gasteiger partial charge is 0.232 e. The second-order valence-corrected chi connectivity index (χ2v) is 5.74. The molecule has 1 aromatic heterocycles. The molecule has 1 aromatic carbocycles.